The number of nitrogens with zero attached hydrogens (tertiary/aromatic N) is 4. The quantitative estimate of drug-likeness (QED) is 0.175. The van der Waals surface area contributed by atoms with Gasteiger partial charge in [-0.3, -0.25) is 0 Å². The molecule has 4 nitrogen and oxygen atoms in total. The zero-order valence-electron chi connectivity index (χ0n) is 30.4. The molecule has 0 N–H and O–H groups in total. The smallest absolute Gasteiger partial charge is 0.165 e. The molecular weight excluding hydrogens is 733 g/mol. The van der Waals surface area contributed by atoms with Crippen LogP contribution in [0.15, 0.2) is 182 Å². The summed E-state index contributed by atoms with van der Waals surface area (Å²) in [5.74, 6) is 2.01. The lowest BCUT2D eigenvalue weighted by Crippen LogP contribution is -2.00. The number of rotatable bonds is 5. The van der Waals surface area contributed by atoms with Gasteiger partial charge in [0.2, 0.25) is 0 Å². The second kappa shape index (κ2) is 12.8. The highest BCUT2D eigenvalue weighted by atomic mass is 32.1. The molecule has 0 radical (unpaired) electrons. The maximum absolute atomic E-state index is 5.08. The van der Waals surface area contributed by atoms with E-state index in [1.165, 1.54) is 79.0 Å². The number of thiophene rings is 2. The molecule has 0 aliphatic heterocycles. The standard InChI is InChI=1S/C51H30N4S2/c1-3-13-31(14-4-1)49-52-50(32-15-5-2-6-16-32)54-51(53-49)40-22-12-21-38-41-29-33(25-27-45(41)57-48(38)40)35-19-11-20-39-42-30-34(26-28-46(42)56-47(35)39)55-43-23-9-7-17-36(43)37-18-8-10-24-44(37)55/h1-30H. The number of hydrogen-bond acceptors (Lipinski definition) is 5. The highest BCUT2D eigenvalue weighted by Gasteiger charge is 2.19. The van der Waals surface area contributed by atoms with E-state index in [1.807, 2.05) is 47.7 Å². The van der Waals surface area contributed by atoms with Crippen LogP contribution in [0.2, 0.25) is 0 Å². The lowest BCUT2D eigenvalue weighted by molar-refractivity contribution is 1.08. The van der Waals surface area contributed by atoms with E-state index in [9.17, 15) is 0 Å². The first-order valence-electron chi connectivity index (χ1n) is 19.0. The first kappa shape index (κ1) is 32.3. The van der Waals surface area contributed by atoms with Crippen LogP contribution in [0.5, 0.6) is 0 Å². The Morgan fingerprint density at radius 3 is 1.46 bits per heavy atom. The molecule has 4 heterocycles. The van der Waals surface area contributed by atoms with Crippen LogP contribution < -0.4 is 0 Å². The lowest BCUT2D eigenvalue weighted by atomic mass is 10.00. The number of hydrogen-bond donors (Lipinski definition) is 0. The van der Waals surface area contributed by atoms with Gasteiger partial charge in [0.25, 0.3) is 0 Å². The normalized spacial score (nSPS) is 11.9. The van der Waals surface area contributed by atoms with Crippen LogP contribution >= 0.6 is 22.7 Å². The average Bonchev–Trinajstić information content (AvgIpc) is 3.96. The summed E-state index contributed by atoms with van der Waals surface area (Å²) in [5, 5.41) is 7.56. The van der Waals surface area contributed by atoms with E-state index >= 15 is 0 Å². The molecule has 4 aromatic heterocycles. The van der Waals surface area contributed by atoms with E-state index in [0.29, 0.717) is 17.5 Å². The first-order chi connectivity index (χ1) is 28.2. The van der Waals surface area contributed by atoms with Crippen LogP contribution in [0.1, 0.15) is 0 Å². The van der Waals surface area contributed by atoms with Gasteiger partial charge in [-0.15, -0.1) is 22.7 Å². The molecule has 8 aromatic carbocycles. The second-order valence-electron chi connectivity index (χ2n) is 14.4. The van der Waals surface area contributed by atoms with Crippen molar-refractivity contribution in [2.45, 2.75) is 0 Å². The molecule has 0 amide bonds. The molecule has 0 aliphatic carbocycles. The fourth-order valence-electron chi connectivity index (χ4n) is 8.42. The SMILES string of the molecule is c1ccc(-c2nc(-c3ccccc3)nc(-c3cccc4c3sc3ccc(-c5cccc6c5sc5ccc(-n7c8ccccc8c8ccccc87)cc56)cc34)n2)cc1. The number of aromatic nitrogens is 4. The largest absolute Gasteiger partial charge is 0.309 e. The van der Waals surface area contributed by atoms with Crippen molar-refractivity contribution in [3.05, 3.63) is 182 Å². The Bertz CT molecular complexity index is 3410. The van der Waals surface area contributed by atoms with Gasteiger partial charge < -0.3 is 4.57 Å². The van der Waals surface area contributed by atoms with Gasteiger partial charge in [-0.05, 0) is 59.7 Å². The van der Waals surface area contributed by atoms with Crippen molar-refractivity contribution in [2.75, 3.05) is 0 Å². The van der Waals surface area contributed by atoms with Crippen molar-refractivity contribution in [3.8, 4) is 51.0 Å². The zero-order valence-corrected chi connectivity index (χ0v) is 32.1. The van der Waals surface area contributed by atoms with Gasteiger partial charge in [0.1, 0.15) is 0 Å². The molecule has 266 valence electrons. The van der Waals surface area contributed by atoms with Crippen LogP contribution in [0.25, 0.3) is 113 Å². The van der Waals surface area contributed by atoms with E-state index < -0.39 is 0 Å². The molecule has 0 fully saturated rings. The summed E-state index contributed by atoms with van der Waals surface area (Å²) in [6.45, 7) is 0. The summed E-state index contributed by atoms with van der Waals surface area (Å²) in [6.07, 6.45) is 0. The van der Waals surface area contributed by atoms with Crippen LogP contribution in [-0.4, -0.2) is 19.5 Å². The summed E-state index contributed by atoms with van der Waals surface area (Å²) >= 11 is 3.68. The minimum Gasteiger partial charge on any atom is -0.309 e. The third kappa shape index (κ3) is 5.15. The summed E-state index contributed by atoms with van der Waals surface area (Å²) in [7, 11) is 0. The molecule has 0 atom stereocenters. The summed E-state index contributed by atoms with van der Waals surface area (Å²) < 4.78 is 7.41. The minimum absolute atomic E-state index is 0.665. The fourth-order valence-corrected chi connectivity index (χ4v) is 10.8. The van der Waals surface area contributed by atoms with E-state index in [1.54, 1.807) is 11.3 Å². The molecule has 0 saturated heterocycles. The summed E-state index contributed by atoms with van der Waals surface area (Å²) in [5.41, 5.74) is 9.03. The van der Waals surface area contributed by atoms with Crippen molar-refractivity contribution in [1.82, 2.24) is 19.5 Å². The minimum atomic E-state index is 0.665. The molecular formula is C51H30N4S2. The molecule has 0 bridgehead atoms. The molecule has 0 spiro atoms. The van der Waals surface area contributed by atoms with Gasteiger partial charge >= 0.3 is 0 Å². The van der Waals surface area contributed by atoms with Crippen LogP contribution in [-0.2, 0) is 0 Å². The second-order valence-corrected chi connectivity index (χ2v) is 16.5. The number of benzene rings is 8. The van der Waals surface area contributed by atoms with Crippen LogP contribution in [0.3, 0.4) is 0 Å². The number of fused-ring (bicyclic) bond motifs is 9. The molecule has 12 aromatic rings. The highest BCUT2D eigenvalue weighted by molar-refractivity contribution is 7.26. The van der Waals surface area contributed by atoms with Gasteiger partial charge in [-0.1, -0.05) is 133 Å². The molecule has 57 heavy (non-hydrogen) atoms. The fraction of sp³-hybridized carbons (Fsp3) is 0. The van der Waals surface area contributed by atoms with Crippen molar-refractivity contribution in [3.63, 3.8) is 0 Å². The molecule has 0 unspecified atom stereocenters. The monoisotopic (exact) mass is 762 g/mol. The van der Waals surface area contributed by atoms with Gasteiger partial charge in [0, 0.05) is 73.5 Å². The predicted octanol–water partition coefficient (Wildman–Crippen LogP) is 14.4. The molecule has 0 saturated carbocycles. The Morgan fingerprint density at radius 1 is 0.333 bits per heavy atom. The lowest BCUT2D eigenvalue weighted by Gasteiger charge is -2.09. The predicted molar refractivity (Wildman–Crippen MR) is 242 cm³/mol. The van der Waals surface area contributed by atoms with Gasteiger partial charge in [-0.25, -0.2) is 15.0 Å². The molecule has 12 rings (SSSR count). The third-order valence-corrected chi connectivity index (χ3v) is 13.5. The van der Waals surface area contributed by atoms with Crippen molar-refractivity contribution < 1.29 is 0 Å². The maximum atomic E-state index is 5.08. The maximum Gasteiger partial charge on any atom is 0.165 e. The Labute approximate surface area is 335 Å². The van der Waals surface area contributed by atoms with Crippen molar-refractivity contribution in [1.29, 1.82) is 0 Å². The van der Waals surface area contributed by atoms with Crippen molar-refractivity contribution in [2.24, 2.45) is 0 Å². The van der Waals surface area contributed by atoms with Gasteiger partial charge in [-0.2, -0.15) is 0 Å². The average molecular weight is 763 g/mol. The molecule has 0 aliphatic rings. The highest BCUT2D eigenvalue weighted by Crippen LogP contribution is 2.45. The topological polar surface area (TPSA) is 43.6 Å². The van der Waals surface area contributed by atoms with Crippen molar-refractivity contribution >= 4 is 84.8 Å². The third-order valence-electron chi connectivity index (χ3n) is 11.1. The van der Waals surface area contributed by atoms with E-state index in [0.717, 1.165) is 16.7 Å². The van der Waals surface area contributed by atoms with E-state index in [2.05, 4.69) is 150 Å². The van der Waals surface area contributed by atoms with Crippen LogP contribution in [0, 0.1) is 0 Å². The Kier molecular flexibility index (Phi) is 7.24. The van der Waals surface area contributed by atoms with Gasteiger partial charge in [0.15, 0.2) is 17.5 Å². The summed E-state index contributed by atoms with van der Waals surface area (Å²) in [6, 6.07) is 64.9. The molecule has 6 heteroatoms. The Morgan fingerprint density at radius 2 is 0.825 bits per heavy atom. The van der Waals surface area contributed by atoms with Gasteiger partial charge in [0.05, 0.1) is 11.0 Å². The summed E-state index contributed by atoms with van der Waals surface area (Å²) in [4.78, 5) is 15.1. The Hall–Kier alpha value is -6.99. The zero-order chi connectivity index (χ0) is 37.5. The number of para-hydroxylation sites is 2. The van der Waals surface area contributed by atoms with Crippen LogP contribution in [0.4, 0.5) is 0 Å². The Balaban J connectivity index is 0.995. The van der Waals surface area contributed by atoms with E-state index in [-0.39, 0.29) is 0 Å². The first-order valence-corrected chi connectivity index (χ1v) is 20.7. The van der Waals surface area contributed by atoms with E-state index in [4.69, 9.17) is 15.0 Å².